The summed E-state index contributed by atoms with van der Waals surface area (Å²) >= 11 is 0. The minimum Gasteiger partial charge on any atom is -0.379 e. The molecule has 1 aliphatic heterocycles. The Labute approximate surface area is 132 Å². The number of carbonyl (C=O) groups is 1. The van der Waals surface area contributed by atoms with Crippen LogP contribution in [0.3, 0.4) is 0 Å². The van der Waals surface area contributed by atoms with Crippen LogP contribution in [0, 0.1) is 0 Å². The van der Waals surface area contributed by atoms with Crippen molar-refractivity contribution >= 4 is 6.03 Å². The maximum Gasteiger partial charge on any atom is 0.317 e. The van der Waals surface area contributed by atoms with E-state index in [0.717, 1.165) is 51.4 Å². The number of nitrogens with zero attached hydrogens (tertiary/aromatic N) is 3. The number of carbonyl (C=O) groups excluding carboxylic acids is 1. The van der Waals surface area contributed by atoms with E-state index in [9.17, 15) is 4.79 Å². The molecule has 0 aliphatic carbocycles. The highest BCUT2D eigenvalue weighted by molar-refractivity contribution is 5.74. The van der Waals surface area contributed by atoms with Gasteiger partial charge in [-0.15, -0.1) is 0 Å². The number of hydrogen-bond acceptors (Lipinski definition) is 4. The van der Waals surface area contributed by atoms with Gasteiger partial charge in [0.05, 0.1) is 13.2 Å². The van der Waals surface area contributed by atoms with Crippen molar-refractivity contribution < 1.29 is 9.53 Å². The van der Waals surface area contributed by atoms with Gasteiger partial charge in [-0.3, -0.25) is 9.88 Å². The van der Waals surface area contributed by atoms with Crippen LogP contribution in [0.5, 0.6) is 0 Å². The molecule has 0 radical (unpaired) electrons. The number of urea groups is 1. The Morgan fingerprint density at radius 3 is 2.77 bits per heavy atom. The molecule has 6 nitrogen and oxygen atoms in total. The lowest BCUT2D eigenvalue weighted by Crippen LogP contribution is -2.42. The monoisotopic (exact) mass is 306 g/mol. The molecular weight excluding hydrogens is 280 g/mol. The molecule has 2 rings (SSSR count). The fourth-order valence-corrected chi connectivity index (χ4v) is 2.53. The van der Waals surface area contributed by atoms with Crippen LogP contribution in [0.4, 0.5) is 4.79 Å². The van der Waals surface area contributed by atoms with Crippen LogP contribution < -0.4 is 5.32 Å². The molecule has 1 aliphatic rings. The second-order valence-corrected chi connectivity index (χ2v) is 5.42. The first-order chi connectivity index (χ1) is 10.8. The standard InChI is InChI=1S/C16H26N4O2/c1-2-18-16(21)20(14-15-4-6-17-7-5-15)9-3-8-19-10-12-22-13-11-19/h4-7H,2-3,8-14H2,1H3,(H,18,21). The number of pyridine rings is 1. The second kappa shape index (κ2) is 9.38. The molecule has 0 spiro atoms. The van der Waals surface area contributed by atoms with Gasteiger partial charge in [0, 0.05) is 51.7 Å². The van der Waals surface area contributed by atoms with E-state index in [0.29, 0.717) is 13.1 Å². The van der Waals surface area contributed by atoms with Gasteiger partial charge < -0.3 is 15.0 Å². The van der Waals surface area contributed by atoms with E-state index in [1.54, 1.807) is 12.4 Å². The van der Waals surface area contributed by atoms with Crippen LogP contribution in [0.25, 0.3) is 0 Å². The lowest BCUT2D eigenvalue weighted by atomic mass is 10.2. The number of amides is 2. The maximum atomic E-state index is 12.2. The fraction of sp³-hybridized carbons (Fsp3) is 0.625. The third-order valence-corrected chi connectivity index (χ3v) is 3.74. The lowest BCUT2D eigenvalue weighted by Gasteiger charge is -2.28. The molecule has 0 aromatic carbocycles. The number of rotatable bonds is 7. The van der Waals surface area contributed by atoms with Crippen molar-refractivity contribution in [3.63, 3.8) is 0 Å². The van der Waals surface area contributed by atoms with E-state index in [1.807, 2.05) is 24.0 Å². The van der Waals surface area contributed by atoms with Gasteiger partial charge in [-0.2, -0.15) is 0 Å². The van der Waals surface area contributed by atoms with Crippen LogP contribution >= 0.6 is 0 Å². The molecule has 2 amide bonds. The number of nitrogens with one attached hydrogen (secondary N) is 1. The summed E-state index contributed by atoms with van der Waals surface area (Å²) in [6.45, 7) is 8.59. The summed E-state index contributed by atoms with van der Waals surface area (Å²) < 4.78 is 5.35. The summed E-state index contributed by atoms with van der Waals surface area (Å²) in [5.41, 5.74) is 1.10. The van der Waals surface area contributed by atoms with E-state index < -0.39 is 0 Å². The van der Waals surface area contributed by atoms with Gasteiger partial charge in [0.1, 0.15) is 0 Å². The highest BCUT2D eigenvalue weighted by Gasteiger charge is 2.15. The molecule has 6 heteroatoms. The van der Waals surface area contributed by atoms with E-state index in [1.165, 1.54) is 0 Å². The summed E-state index contributed by atoms with van der Waals surface area (Å²) in [4.78, 5) is 20.5. The first-order valence-electron chi connectivity index (χ1n) is 8.01. The Morgan fingerprint density at radius 1 is 1.36 bits per heavy atom. The Morgan fingerprint density at radius 2 is 2.09 bits per heavy atom. The minimum absolute atomic E-state index is 0.00119. The molecule has 0 saturated carbocycles. The zero-order valence-corrected chi connectivity index (χ0v) is 13.3. The molecule has 0 unspecified atom stereocenters. The Hall–Kier alpha value is -1.66. The van der Waals surface area contributed by atoms with Crippen molar-refractivity contribution in [2.75, 3.05) is 45.9 Å². The summed E-state index contributed by atoms with van der Waals surface area (Å²) in [7, 11) is 0. The molecular formula is C16H26N4O2. The minimum atomic E-state index is 0.00119. The first kappa shape index (κ1) is 16.7. The van der Waals surface area contributed by atoms with Crippen LogP contribution in [-0.2, 0) is 11.3 Å². The molecule has 1 aromatic rings. The largest absolute Gasteiger partial charge is 0.379 e. The predicted molar refractivity (Wildman–Crippen MR) is 85.6 cm³/mol. The van der Waals surface area contributed by atoms with Gasteiger partial charge in [-0.25, -0.2) is 4.79 Å². The van der Waals surface area contributed by atoms with Crippen molar-refractivity contribution in [3.05, 3.63) is 30.1 Å². The van der Waals surface area contributed by atoms with E-state index in [4.69, 9.17) is 4.74 Å². The van der Waals surface area contributed by atoms with Gasteiger partial charge in [-0.05, 0) is 31.0 Å². The molecule has 22 heavy (non-hydrogen) atoms. The number of ether oxygens (including phenoxy) is 1. The average molecular weight is 306 g/mol. The summed E-state index contributed by atoms with van der Waals surface area (Å²) in [6.07, 6.45) is 4.50. The molecule has 0 bridgehead atoms. The molecule has 2 heterocycles. The van der Waals surface area contributed by atoms with Gasteiger partial charge >= 0.3 is 6.03 Å². The first-order valence-corrected chi connectivity index (χ1v) is 8.01. The molecule has 0 atom stereocenters. The van der Waals surface area contributed by atoms with Gasteiger partial charge in [-0.1, -0.05) is 0 Å². The van der Waals surface area contributed by atoms with E-state index in [2.05, 4.69) is 15.2 Å². The SMILES string of the molecule is CCNC(=O)N(CCCN1CCOCC1)Cc1ccncc1. The van der Waals surface area contributed by atoms with Crippen molar-refractivity contribution in [1.82, 2.24) is 20.1 Å². The number of aromatic nitrogens is 1. The molecule has 1 fully saturated rings. The van der Waals surface area contributed by atoms with Crippen LogP contribution in [0.15, 0.2) is 24.5 Å². The van der Waals surface area contributed by atoms with Crippen molar-refractivity contribution in [1.29, 1.82) is 0 Å². The Bertz CT molecular complexity index is 435. The van der Waals surface area contributed by atoms with E-state index >= 15 is 0 Å². The third-order valence-electron chi connectivity index (χ3n) is 3.74. The Kier molecular flexibility index (Phi) is 7.12. The average Bonchev–Trinajstić information content (AvgIpc) is 2.56. The lowest BCUT2D eigenvalue weighted by molar-refractivity contribution is 0.0364. The third kappa shape index (κ3) is 5.61. The second-order valence-electron chi connectivity index (χ2n) is 5.42. The zero-order valence-electron chi connectivity index (χ0n) is 13.3. The topological polar surface area (TPSA) is 57.7 Å². The number of morpholine rings is 1. The van der Waals surface area contributed by atoms with Crippen LogP contribution in [-0.4, -0.2) is 66.8 Å². The van der Waals surface area contributed by atoms with Gasteiger partial charge in [0.25, 0.3) is 0 Å². The smallest absolute Gasteiger partial charge is 0.317 e. The molecule has 122 valence electrons. The number of hydrogen-bond donors (Lipinski definition) is 1. The molecule has 1 N–H and O–H groups in total. The predicted octanol–water partition coefficient (Wildman–Crippen LogP) is 1.34. The summed E-state index contributed by atoms with van der Waals surface area (Å²) in [5, 5.41) is 2.89. The normalized spacial score (nSPS) is 15.5. The van der Waals surface area contributed by atoms with Gasteiger partial charge in [0.15, 0.2) is 0 Å². The maximum absolute atomic E-state index is 12.2. The van der Waals surface area contributed by atoms with Crippen LogP contribution in [0.1, 0.15) is 18.9 Å². The molecule has 1 saturated heterocycles. The summed E-state index contributed by atoms with van der Waals surface area (Å²) in [6, 6.07) is 3.91. The Balaban J connectivity index is 1.82. The van der Waals surface area contributed by atoms with Gasteiger partial charge in [0.2, 0.25) is 0 Å². The highest BCUT2D eigenvalue weighted by atomic mass is 16.5. The van der Waals surface area contributed by atoms with Crippen LogP contribution in [0.2, 0.25) is 0 Å². The quantitative estimate of drug-likeness (QED) is 0.826. The summed E-state index contributed by atoms with van der Waals surface area (Å²) in [5.74, 6) is 0. The van der Waals surface area contributed by atoms with Crippen molar-refractivity contribution in [3.8, 4) is 0 Å². The molecule has 1 aromatic heterocycles. The van der Waals surface area contributed by atoms with Crippen molar-refractivity contribution in [2.45, 2.75) is 19.9 Å². The van der Waals surface area contributed by atoms with Crippen molar-refractivity contribution in [2.24, 2.45) is 0 Å². The fourth-order valence-electron chi connectivity index (χ4n) is 2.53. The zero-order chi connectivity index (χ0) is 15.6. The van der Waals surface area contributed by atoms with E-state index in [-0.39, 0.29) is 6.03 Å². The highest BCUT2D eigenvalue weighted by Crippen LogP contribution is 2.06.